The van der Waals surface area contributed by atoms with Crippen LogP contribution in [-0.4, -0.2) is 13.1 Å². The van der Waals surface area contributed by atoms with Crippen molar-refractivity contribution in [3.8, 4) is 5.75 Å². The molecule has 0 amide bonds. The first kappa shape index (κ1) is 21.2. The van der Waals surface area contributed by atoms with Crippen molar-refractivity contribution in [1.82, 2.24) is 0 Å². The molecule has 6 heteroatoms. The molecule has 0 unspecified atom stereocenters. The Morgan fingerprint density at radius 1 is 1.07 bits per heavy atom. The van der Waals surface area contributed by atoms with Gasteiger partial charge in [0.15, 0.2) is 0 Å². The van der Waals surface area contributed by atoms with Gasteiger partial charge in [-0.3, -0.25) is 0 Å². The second kappa shape index (κ2) is 8.89. The second-order valence-corrected chi connectivity index (χ2v) is 7.50. The number of alkyl halides is 3. The highest BCUT2D eigenvalue weighted by molar-refractivity contribution is 5.89. The van der Waals surface area contributed by atoms with E-state index in [0.29, 0.717) is 11.1 Å². The number of esters is 1. The number of carbonyl (C=O) groups is 1. The van der Waals surface area contributed by atoms with Gasteiger partial charge in [-0.25, -0.2) is 4.79 Å². The van der Waals surface area contributed by atoms with E-state index in [9.17, 15) is 18.0 Å². The molecule has 0 aliphatic heterocycles. The SMILES string of the molecule is COC(=O)c1ccc(COc2ccc(C3CCCCC3)c(C(F)(F)F)c2)c(C)c1. The molecule has 1 fully saturated rings. The highest BCUT2D eigenvalue weighted by Gasteiger charge is 2.36. The standard InChI is InChI=1S/C23H25F3O3/c1-15-12-17(22(27)28-2)8-9-18(15)14-29-19-10-11-20(16-6-4-3-5-7-16)21(13-19)23(24,25)26/h8-13,16H,3-7,14H2,1-2H3. The number of methoxy groups -OCH3 is 1. The maximum Gasteiger partial charge on any atom is 0.416 e. The average molecular weight is 406 g/mol. The van der Waals surface area contributed by atoms with Crippen LogP contribution < -0.4 is 4.74 Å². The number of hydrogen-bond donors (Lipinski definition) is 0. The van der Waals surface area contributed by atoms with Gasteiger partial charge < -0.3 is 9.47 Å². The van der Waals surface area contributed by atoms with Crippen molar-refractivity contribution in [2.24, 2.45) is 0 Å². The van der Waals surface area contributed by atoms with E-state index in [1.165, 1.54) is 7.11 Å². The third-order valence-electron chi connectivity index (χ3n) is 5.53. The van der Waals surface area contributed by atoms with Crippen molar-refractivity contribution in [2.75, 3.05) is 7.11 Å². The van der Waals surface area contributed by atoms with Crippen LogP contribution >= 0.6 is 0 Å². The molecule has 0 atom stereocenters. The minimum atomic E-state index is -4.41. The van der Waals surface area contributed by atoms with Gasteiger partial charge in [0, 0.05) is 0 Å². The highest BCUT2D eigenvalue weighted by Crippen LogP contribution is 2.42. The molecule has 1 aliphatic rings. The summed E-state index contributed by atoms with van der Waals surface area (Å²) in [5.41, 5.74) is 1.80. The summed E-state index contributed by atoms with van der Waals surface area (Å²) in [6.45, 7) is 1.94. The lowest BCUT2D eigenvalue weighted by Crippen LogP contribution is -2.14. The molecule has 0 heterocycles. The Morgan fingerprint density at radius 3 is 2.41 bits per heavy atom. The molecule has 3 rings (SSSR count). The number of benzene rings is 2. The number of ether oxygens (including phenoxy) is 2. The molecule has 0 bridgehead atoms. The molecule has 2 aromatic rings. The number of carbonyl (C=O) groups excluding carboxylic acids is 1. The number of hydrogen-bond acceptors (Lipinski definition) is 3. The summed E-state index contributed by atoms with van der Waals surface area (Å²) >= 11 is 0. The first-order chi connectivity index (χ1) is 13.8. The Balaban J connectivity index is 1.78. The van der Waals surface area contributed by atoms with E-state index in [2.05, 4.69) is 4.74 Å². The second-order valence-electron chi connectivity index (χ2n) is 7.50. The summed E-state index contributed by atoms with van der Waals surface area (Å²) in [4.78, 5) is 11.6. The van der Waals surface area contributed by atoms with Gasteiger partial charge in [-0.1, -0.05) is 31.4 Å². The van der Waals surface area contributed by atoms with E-state index < -0.39 is 17.7 Å². The predicted molar refractivity (Wildman–Crippen MR) is 104 cm³/mol. The van der Waals surface area contributed by atoms with E-state index in [4.69, 9.17) is 4.74 Å². The summed E-state index contributed by atoms with van der Waals surface area (Å²) < 4.78 is 51.3. The number of halogens is 3. The molecule has 29 heavy (non-hydrogen) atoms. The molecule has 2 aromatic carbocycles. The maximum absolute atomic E-state index is 13.7. The summed E-state index contributed by atoms with van der Waals surface area (Å²) in [6.07, 6.45) is 0.226. The van der Waals surface area contributed by atoms with Crippen LogP contribution in [0.3, 0.4) is 0 Å². The lowest BCUT2D eigenvalue weighted by atomic mass is 9.82. The normalized spacial score (nSPS) is 15.2. The van der Waals surface area contributed by atoms with Crippen molar-refractivity contribution in [3.63, 3.8) is 0 Å². The minimum Gasteiger partial charge on any atom is -0.489 e. The quantitative estimate of drug-likeness (QED) is 0.537. The van der Waals surface area contributed by atoms with E-state index in [1.54, 1.807) is 30.3 Å². The Morgan fingerprint density at radius 2 is 1.79 bits per heavy atom. The van der Waals surface area contributed by atoms with E-state index in [0.717, 1.165) is 49.3 Å². The highest BCUT2D eigenvalue weighted by atomic mass is 19.4. The summed E-state index contributed by atoms with van der Waals surface area (Å²) in [5.74, 6) is -0.287. The predicted octanol–water partition coefficient (Wildman–Crippen LogP) is 6.43. The molecule has 156 valence electrons. The van der Waals surface area contributed by atoms with Crippen molar-refractivity contribution in [2.45, 2.75) is 57.7 Å². The first-order valence-electron chi connectivity index (χ1n) is 9.81. The van der Waals surface area contributed by atoms with Crippen LogP contribution in [0.4, 0.5) is 13.2 Å². The molecule has 0 saturated heterocycles. The Bertz CT molecular complexity index is 868. The van der Waals surface area contributed by atoms with Gasteiger partial charge in [0.25, 0.3) is 0 Å². The van der Waals surface area contributed by atoms with Gasteiger partial charge >= 0.3 is 12.1 Å². The molecule has 1 aliphatic carbocycles. The summed E-state index contributed by atoms with van der Waals surface area (Å²) in [6, 6.07) is 9.33. The van der Waals surface area contributed by atoms with Crippen molar-refractivity contribution < 1.29 is 27.4 Å². The zero-order valence-electron chi connectivity index (χ0n) is 16.6. The van der Waals surface area contributed by atoms with Gasteiger partial charge in [0.1, 0.15) is 12.4 Å². The van der Waals surface area contributed by atoms with Crippen LogP contribution in [0.25, 0.3) is 0 Å². The number of aryl methyl sites for hydroxylation is 1. The first-order valence-corrected chi connectivity index (χ1v) is 9.81. The lowest BCUT2D eigenvalue weighted by molar-refractivity contribution is -0.138. The van der Waals surface area contributed by atoms with Gasteiger partial charge in [-0.05, 0) is 66.6 Å². The third kappa shape index (κ3) is 5.11. The average Bonchev–Trinajstić information content (AvgIpc) is 2.72. The molecular weight excluding hydrogens is 381 g/mol. The monoisotopic (exact) mass is 406 g/mol. The van der Waals surface area contributed by atoms with Crippen molar-refractivity contribution >= 4 is 5.97 Å². The van der Waals surface area contributed by atoms with Gasteiger partial charge in [-0.15, -0.1) is 0 Å². The molecule has 0 radical (unpaired) electrons. The zero-order chi connectivity index (χ0) is 21.0. The number of rotatable bonds is 5. The zero-order valence-corrected chi connectivity index (χ0v) is 16.6. The Hall–Kier alpha value is -2.50. The molecule has 3 nitrogen and oxygen atoms in total. The Kier molecular flexibility index (Phi) is 6.50. The van der Waals surface area contributed by atoms with E-state index >= 15 is 0 Å². The lowest BCUT2D eigenvalue weighted by Gasteiger charge is -2.25. The van der Waals surface area contributed by atoms with Gasteiger partial charge in [0.05, 0.1) is 18.2 Å². The molecular formula is C23H25F3O3. The summed E-state index contributed by atoms with van der Waals surface area (Å²) in [7, 11) is 1.31. The van der Waals surface area contributed by atoms with Crippen molar-refractivity contribution in [1.29, 1.82) is 0 Å². The summed E-state index contributed by atoms with van der Waals surface area (Å²) in [5, 5.41) is 0. The maximum atomic E-state index is 13.7. The smallest absolute Gasteiger partial charge is 0.416 e. The van der Waals surface area contributed by atoms with Gasteiger partial charge in [0.2, 0.25) is 0 Å². The van der Waals surface area contributed by atoms with E-state index in [1.807, 2.05) is 6.92 Å². The fraction of sp³-hybridized carbons (Fsp3) is 0.435. The molecule has 1 saturated carbocycles. The van der Waals surface area contributed by atoms with E-state index in [-0.39, 0.29) is 18.3 Å². The minimum absolute atomic E-state index is 0.0393. The largest absolute Gasteiger partial charge is 0.489 e. The fourth-order valence-corrected chi connectivity index (χ4v) is 3.90. The van der Waals surface area contributed by atoms with Crippen LogP contribution in [0.5, 0.6) is 5.75 Å². The van der Waals surface area contributed by atoms with Crippen LogP contribution in [-0.2, 0) is 17.5 Å². The van der Waals surface area contributed by atoms with Crippen LogP contribution in [0.1, 0.15) is 70.6 Å². The van der Waals surface area contributed by atoms with Crippen LogP contribution in [0.2, 0.25) is 0 Å². The Labute approximate surface area is 168 Å². The van der Waals surface area contributed by atoms with Gasteiger partial charge in [-0.2, -0.15) is 13.2 Å². The molecule has 0 N–H and O–H groups in total. The topological polar surface area (TPSA) is 35.5 Å². The van der Waals surface area contributed by atoms with Crippen LogP contribution in [0.15, 0.2) is 36.4 Å². The third-order valence-corrected chi connectivity index (χ3v) is 5.53. The van der Waals surface area contributed by atoms with Crippen LogP contribution in [0, 0.1) is 6.92 Å². The molecule has 0 aromatic heterocycles. The molecule has 0 spiro atoms. The van der Waals surface area contributed by atoms with Crippen molar-refractivity contribution in [3.05, 3.63) is 64.2 Å². The fourth-order valence-electron chi connectivity index (χ4n) is 3.90.